The molecule has 0 amide bonds. The number of likely N-dealkylation sites (N-methyl/N-ethyl adjacent to an activating group) is 1. The van der Waals surface area contributed by atoms with Crippen molar-refractivity contribution in [1.29, 1.82) is 0 Å². The third-order valence-electron chi connectivity index (χ3n) is 4.62. The Kier molecular flexibility index (Phi) is 8.38. The van der Waals surface area contributed by atoms with Gasteiger partial charge in [-0.2, -0.15) is 0 Å². The van der Waals surface area contributed by atoms with E-state index in [1.807, 2.05) is 36.4 Å². The van der Waals surface area contributed by atoms with E-state index in [2.05, 4.69) is 67.4 Å². The summed E-state index contributed by atoms with van der Waals surface area (Å²) in [6, 6.07) is 29.0. The lowest BCUT2D eigenvalue weighted by molar-refractivity contribution is 0.320. The predicted molar refractivity (Wildman–Crippen MR) is 116 cm³/mol. The van der Waals surface area contributed by atoms with E-state index >= 15 is 0 Å². The average Bonchev–Trinajstić information content (AvgIpc) is 2.68. The number of rotatable bonds is 8. The molecule has 27 heavy (non-hydrogen) atoms. The molecule has 2 nitrogen and oxygen atoms in total. The fraction of sp³-hybridized carbons (Fsp3) is 0.250. The van der Waals surface area contributed by atoms with Crippen LogP contribution in [-0.2, 0) is 6.42 Å². The molecule has 0 N–H and O–H groups in total. The van der Waals surface area contributed by atoms with E-state index in [1.54, 1.807) is 0 Å². The summed E-state index contributed by atoms with van der Waals surface area (Å²) in [5, 5.41) is 0. The maximum Gasteiger partial charge on any atom is 0.127 e. The van der Waals surface area contributed by atoms with Gasteiger partial charge < -0.3 is 9.64 Å². The predicted octanol–water partition coefficient (Wildman–Crippen LogP) is 6.18. The smallest absolute Gasteiger partial charge is 0.127 e. The highest BCUT2D eigenvalue weighted by atomic mass is 35.5. The van der Waals surface area contributed by atoms with Gasteiger partial charge in [0.25, 0.3) is 0 Å². The quantitative estimate of drug-likeness (QED) is 0.462. The lowest BCUT2D eigenvalue weighted by Gasteiger charge is -2.22. The largest absolute Gasteiger partial charge is 0.457 e. The van der Waals surface area contributed by atoms with Gasteiger partial charge in [-0.1, -0.05) is 67.6 Å². The second-order valence-electron chi connectivity index (χ2n) is 6.89. The number of hydrogen-bond donors (Lipinski definition) is 0. The van der Waals surface area contributed by atoms with Gasteiger partial charge in [0, 0.05) is 13.1 Å². The Morgan fingerprint density at radius 1 is 0.815 bits per heavy atom. The van der Waals surface area contributed by atoms with Crippen molar-refractivity contribution in [2.45, 2.75) is 19.3 Å². The second kappa shape index (κ2) is 10.8. The van der Waals surface area contributed by atoms with Crippen molar-refractivity contribution in [2.75, 3.05) is 20.1 Å². The molecule has 0 heterocycles. The van der Waals surface area contributed by atoms with E-state index in [1.165, 1.54) is 11.1 Å². The monoisotopic (exact) mass is 381 g/mol. The van der Waals surface area contributed by atoms with Crippen molar-refractivity contribution < 1.29 is 4.74 Å². The summed E-state index contributed by atoms with van der Waals surface area (Å²) in [4.78, 5) is 2.41. The molecule has 142 valence electrons. The van der Waals surface area contributed by atoms with Gasteiger partial charge in [0.05, 0.1) is 0 Å². The minimum absolute atomic E-state index is 0. The molecule has 1 atom stereocenters. The van der Waals surface area contributed by atoms with Crippen molar-refractivity contribution in [3.05, 3.63) is 96.1 Å². The first kappa shape index (κ1) is 21.0. The number of para-hydroxylation sites is 1. The van der Waals surface area contributed by atoms with Crippen LogP contribution in [-0.4, -0.2) is 25.0 Å². The first-order valence-corrected chi connectivity index (χ1v) is 9.26. The number of hydrogen-bond acceptors (Lipinski definition) is 2. The molecule has 0 aliphatic carbocycles. The fourth-order valence-electron chi connectivity index (χ4n) is 3.14. The molecular formula is C24H28ClNO. The zero-order valence-corrected chi connectivity index (χ0v) is 16.9. The third kappa shape index (κ3) is 6.74. The summed E-state index contributed by atoms with van der Waals surface area (Å²) in [5.74, 6) is 2.22. The van der Waals surface area contributed by atoms with Crippen molar-refractivity contribution in [2.24, 2.45) is 0 Å². The van der Waals surface area contributed by atoms with Crippen LogP contribution in [0.15, 0.2) is 84.9 Å². The van der Waals surface area contributed by atoms with Gasteiger partial charge in [0.1, 0.15) is 11.5 Å². The highest BCUT2D eigenvalue weighted by Gasteiger charge is 2.10. The summed E-state index contributed by atoms with van der Waals surface area (Å²) in [7, 11) is 2.20. The van der Waals surface area contributed by atoms with Crippen molar-refractivity contribution in [3.8, 4) is 11.5 Å². The van der Waals surface area contributed by atoms with Gasteiger partial charge in [-0.05, 0) is 54.8 Å². The zero-order valence-electron chi connectivity index (χ0n) is 16.0. The molecule has 0 aromatic heterocycles. The van der Waals surface area contributed by atoms with E-state index in [9.17, 15) is 0 Å². The van der Waals surface area contributed by atoms with Crippen LogP contribution >= 0.6 is 12.4 Å². The standard InChI is InChI=1S/C24H27NO.ClH/c1-20(19-25(2)17-16-21-10-5-3-6-11-21)22-12-9-15-24(18-22)26-23-13-7-4-8-14-23;/h3-15,18,20H,16-17,19H2,1-2H3;1H. The maximum absolute atomic E-state index is 5.97. The summed E-state index contributed by atoms with van der Waals surface area (Å²) >= 11 is 0. The summed E-state index contributed by atoms with van der Waals surface area (Å²) in [6.45, 7) is 4.37. The van der Waals surface area contributed by atoms with Crippen LogP contribution in [0.2, 0.25) is 0 Å². The Morgan fingerprint density at radius 3 is 2.15 bits per heavy atom. The SMILES string of the molecule is CC(CN(C)CCc1ccccc1)c1cccc(Oc2ccccc2)c1.Cl. The van der Waals surface area contributed by atoms with Gasteiger partial charge in [-0.25, -0.2) is 0 Å². The number of ether oxygens (including phenoxy) is 1. The average molecular weight is 382 g/mol. The molecule has 0 spiro atoms. The minimum Gasteiger partial charge on any atom is -0.457 e. The lowest BCUT2D eigenvalue weighted by Crippen LogP contribution is -2.25. The molecule has 1 unspecified atom stereocenters. The van der Waals surface area contributed by atoms with Crippen molar-refractivity contribution in [1.82, 2.24) is 4.90 Å². The second-order valence-corrected chi connectivity index (χ2v) is 6.89. The zero-order chi connectivity index (χ0) is 18.2. The highest BCUT2D eigenvalue weighted by Crippen LogP contribution is 2.25. The van der Waals surface area contributed by atoms with Crippen LogP contribution in [0.4, 0.5) is 0 Å². The Balaban J connectivity index is 0.00000261. The Labute approximate surface area is 169 Å². The van der Waals surface area contributed by atoms with Crippen LogP contribution in [0.3, 0.4) is 0 Å². The van der Waals surface area contributed by atoms with Crippen LogP contribution in [0.1, 0.15) is 24.0 Å². The molecule has 3 heteroatoms. The van der Waals surface area contributed by atoms with Crippen LogP contribution < -0.4 is 4.74 Å². The van der Waals surface area contributed by atoms with Crippen molar-refractivity contribution in [3.63, 3.8) is 0 Å². The molecule has 3 rings (SSSR count). The van der Waals surface area contributed by atoms with Gasteiger partial charge >= 0.3 is 0 Å². The third-order valence-corrected chi connectivity index (χ3v) is 4.62. The van der Waals surface area contributed by atoms with Gasteiger partial charge in [0.15, 0.2) is 0 Å². The lowest BCUT2D eigenvalue weighted by atomic mass is 10.0. The highest BCUT2D eigenvalue weighted by molar-refractivity contribution is 5.85. The molecule has 3 aromatic rings. The van der Waals surface area contributed by atoms with E-state index < -0.39 is 0 Å². The van der Waals surface area contributed by atoms with Crippen molar-refractivity contribution >= 4 is 12.4 Å². The van der Waals surface area contributed by atoms with E-state index in [0.717, 1.165) is 31.0 Å². The van der Waals surface area contributed by atoms with Crippen LogP contribution in [0.5, 0.6) is 11.5 Å². The van der Waals surface area contributed by atoms with E-state index in [0.29, 0.717) is 5.92 Å². The van der Waals surface area contributed by atoms with Gasteiger partial charge in [-0.15, -0.1) is 12.4 Å². The number of benzene rings is 3. The first-order chi connectivity index (χ1) is 12.7. The molecule has 0 aliphatic heterocycles. The molecule has 0 fully saturated rings. The van der Waals surface area contributed by atoms with Crippen LogP contribution in [0.25, 0.3) is 0 Å². The first-order valence-electron chi connectivity index (χ1n) is 9.26. The fourth-order valence-corrected chi connectivity index (χ4v) is 3.14. The van der Waals surface area contributed by atoms with Gasteiger partial charge in [-0.3, -0.25) is 0 Å². The number of nitrogens with zero attached hydrogens (tertiary/aromatic N) is 1. The Hall–Kier alpha value is -2.29. The summed E-state index contributed by atoms with van der Waals surface area (Å²) in [5.41, 5.74) is 2.70. The molecule has 0 saturated heterocycles. The topological polar surface area (TPSA) is 12.5 Å². The van der Waals surface area contributed by atoms with Gasteiger partial charge in [0.2, 0.25) is 0 Å². The molecule has 0 aliphatic rings. The minimum atomic E-state index is 0. The molecule has 3 aromatic carbocycles. The normalized spacial score (nSPS) is 11.7. The molecule has 0 bridgehead atoms. The molecular weight excluding hydrogens is 354 g/mol. The van der Waals surface area contributed by atoms with Crippen LogP contribution in [0, 0.1) is 0 Å². The summed E-state index contributed by atoms with van der Waals surface area (Å²) < 4.78 is 5.97. The molecule has 0 radical (unpaired) electrons. The number of halogens is 1. The Morgan fingerprint density at radius 2 is 1.44 bits per heavy atom. The Bertz CT molecular complexity index is 792. The van der Waals surface area contributed by atoms with E-state index in [-0.39, 0.29) is 12.4 Å². The summed E-state index contributed by atoms with van der Waals surface area (Å²) in [6.07, 6.45) is 1.08. The maximum atomic E-state index is 5.97. The van der Waals surface area contributed by atoms with E-state index in [4.69, 9.17) is 4.74 Å². The molecule has 0 saturated carbocycles.